The minimum absolute atomic E-state index is 0.0129. The molecule has 3 nitrogen and oxygen atoms in total. The summed E-state index contributed by atoms with van der Waals surface area (Å²) < 4.78 is 13.5. The van der Waals surface area contributed by atoms with Crippen molar-refractivity contribution in [1.82, 2.24) is 9.97 Å². The van der Waals surface area contributed by atoms with E-state index in [4.69, 9.17) is 11.6 Å². The van der Waals surface area contributed by atoms with Gasteiger partial charge in [0.25, 0.3) is 0 Å². The van der Waals surface area contributed by atoms with Gasteiger partial charge in [-0.3, -0.25) is 0 Å². The molecule has 1 aromatic carbocycles. The van der Waals surface area contributed by atoms with Crippen molar-refractivity contribution in [2.24, 2.45) is 0 Å². The zero-order valence-corrected chi connectivity index (χ0v) is 10.9. The molecule has 2 aromatic rings. The fourth-order valence-corrected chi connectivity index (χ4v) is 1.68. The molecule has 18 heavy (non-hydrogen) atoms. The number of halogens is 2. The molecule has 5 heteroatoms. The van der Waals surface area contributed by atoms with Gasteiger partial charge in [-0.25, -0.2) is 9.37 Å². The van der Waals surface area contributed by atoms with Gasteiger partial charge in [-0.15, -0.1) is 0 Å². The predicted octanol–water partition coefficient (Wildman–Crippen LogP) is 4.14. The van der Waals surface area contributed by atoms with Crippen LogP contribution in [-0.2, 0) is 0 Å². The largest absolute Gasteiger partial charge is 0.338 e. The van der Waals surface area contributed by atoms with E-state index >= 15 is 0 Å². The molecule has 0 bridgehead atoms. The van der Waals surface area contributed by atoms with E-state index in [1.807, 2.05) is 24.3 Å². The lowest BCUT2D eigenvalue weighted by molar-refractivity contribution is 0.619. The van der Waals surface area contributed by atoms with Crippen LogP contribution in [0.3, 0.4) is 0 Å². The first-order valence-electron chi connectivity index (χ1n) is 5.61. The molecule has 0 aliphatic rings. The number of rotatable bonds is 3. The summed E-state index contributed by atoms with van der Waals surface area (Å²) in [6.07, 6.45) is 1.05. The van der Waals surface area contributed by atoms with Gasteiger partial charge in [0.2, 0.25) is 5.28 Å². The van der Waals surface area contributed by atoms with E-state index in [1.165, 1.54) is 5.56 Å². The fourth-order valence-electron chi connectivity index (χ4n) is 1.55. The molecule has 2 rings (SSSR count). The number of nitrogens with one attached hydrogen (secondary N) is 1. The average Bonchev–Trinajstić information content (AvgIpc) is 2.34. The summed E-state index contributed by atoms with van der Waals surface area (Å²) in [5, 5.41) is 2.91. The summed E-state index contributed by atoms with van der Waals surface area (Å²) in [5.41, 5.74) is 1.94. The second-order valence-electron chi connectivity index (χ2n) is 4.24. The van der Waals surface area contributed by atoms with Crippen LogP contribution in [0.4, 0.5) is 15.9 Å². The minimum atomic E-state index is -0.533. The van der Waals surface area contributed by atoms with Crippen molar-refractivity contribution < 1.29 is 4.39 Å². The second-order valence-corrected chi connectivity index (χ2v) is 4.58. The third-order valence-electron chi connectivity index (χ3n) is 2.53. The van der Waals surface area contributed by atoms with Crippen molar-refractivity contribution in [3.8, 4) is 0 Å². The number of hydrogen-bond acceptors (Lipinski definition) is 3. The van der Waals surface area contributed by atoms with E-state index in [0.29, 0.717) is 5.92 Å². The molecule has 0 saturated heterocycles. The molecule has 0 fully saturated rings. The quantitative estimate of drug-likeness (QED) is 0.848. The van der Waals surface area contributed by atoms with Gasteiger partial charge in [0.05, 0.1) is 6.20 Å². The van der Waals surface area contributed by atoms with Gasteiger partial charge in [0.1, 0.15) is 0 Å². The molecule has 1 aromatic heterocycles. The molecule has 0 unspecified atom stereocenters. The van der Waals surface area contributed by atoms with Crippen molar-refractivity contribution in [3.63, 3.8) is 0 Å². The van der Waals surface area contributed by atoms with Gasteiger partial charge in [-0.1, -0.05) is 26.0 Å². The summed E-state index contributed by atoms with van der Waals surface area (Å²) in [5.74, 6) is -0.0455. The zero-order chi connectivity index (χ0) is 13.1. The zero-order valence-electron chi connectivity index (χ0n) is 10.1. The maximum absolute atomic E-state index is 13.5. The summed E-state index contributed by atoms with van der Waals surface area (Å²) >= 11 is 5.64. The Labute approximate surface area is 110 Å². The molecular weight excluding hydrogens is 253 g/mol. The second kappa shape index (κ2) is 5.31. The van der Waals surface area contributed by atoms with Gasteiger partial charge >= 0.3 is 0 Å². The fraction of sp³-hybridized carbons (Fsp3) is 0.231. The highest BCUT2D eigenvalue weighted by Gasteiger charge is 2.07. The normalized spacial score (nSPS) is 10.7. The van der Waals surface area contributed by atoms with Crippen LogP contribution in [0.15, 0.2) is 30.5 Å². The molecule has 1 N–H and O–H groups in total. The van der Waals surface area contributed by atoms with Crippen molar-refractivity contribution >= 4 is 23.1 Å². The Kier molecular flexibility index (Phi) is 3.77. The molecule has 0 aliphatic carbocycles. The van der Waals surface area contributed by atoms with Gasteiger partial charge < -0.3 is 5.32 Å². The maximum atomic E-state index is 13.5. The number of hydrogen-bond donors (Lipinski definition) is 1. The lowest BCUT2D eigenvalue weighted by Crippen LogP contribution is -1.99. The molecule has 0 saturated carbocycles. The predicted molar refractivity (Wildman–Crippen MR) is 70.8 cm³/mol. The highest BCUT2D eigenvalue weighted by atomic mass is 35.5. The van der Waals surface area contributed by atoms with Crippen LogP contribution in [0.25, 0.3) is 0 Å². The van der Waals surface area contributed by atoms with Gasteiger partial charge in [-0.2, -0.15) is 4.98 Å². The van der Waals surface area contributed by atoms with Gasteiger partial charge in [0, 0.05) is 5.69 Å². The van der Waals surface area contributed by atoms with Crippen molar-refractivity contribution in [1.29, 1.82) is 0 Å². The smallest absolute Gasteiger partial charge is 0.224 e. The lowest BCUT2D eigenvalue weighted by atomic mass is 10.0. The lowest BCUT2D eigenvalue weighted by Gasteiger charge is -2.10. The SMILES string of the molecule is CC(C)c1cccc(Nc2nc(Cl)ncc2F)c1. The van der Waals surface area contributed by atoms with Crippen LogP contribution in [0.1, 0.15) is 25.3 Å². The molecule has 0 amide bonds. The van der Waals surface area contributed by atoms with Crippen LogP contribution in [0.2, 0.25) is 5.28 Å². The molecule has 94 valence electrons. The molecule has 0 spiro atoms. The molecule has 1 heterocycles. The first-order chi connectivity index (χ1) is 8.56. The van der Waals surface area contributed by atoms with Crippen LogP contribution < -0.4 is 5.32 Å². The monoisotopic (exact) mass is 265 g/mol. The van der Waals surface area contributed by atoms with Gasteiger partial charge in [-0.05, 0) is 35.2 Å². The number of anilines is 2. The Morgan fingerprint density at radius 2 is 2.11 bits per heavy atom. The van der Waals surface area contributed by atoms with Crippen molar-refractivity contribution in [2.75, 3.05) is 5.32 Å². The first-order valence-corrected chi connectivity index (χ1v) is 5.99. The Hall–Kier alpha value is -1.68. The summed E-state index contributed by atoms with van der Waals surface area (Å²) in [7, 11) is 0. The van der Waals surface area contributed by atoms with E-state index < -0.39 is 5.82 Å². The van der Waals surface area contributed by atoms with E-state index in [1.54, 1.807) is 0 Å². The maximum Gasteiger partial charge on any atom is 0.224 e. The highest BCUT2D eigenvalue weighted by Crippen LogP contribution is 2.22. The van der Waals surface area contributed by atoms with E-state index in [-0.39, 0.29) is 11.1 Å². The van der Waals surface area contributed by atoms with Crippen LogP contribution >= 0.6 is 11.6 Å². The minimum Gasteiger partial charge on any atom is -0.338 e. The summed E-state index contributed by atoms with van der Waals surface area (Å²) in [4.78, 5) is 7.38. The van der Waals surface area contributed by atoms with Crippen LogP contribution in [-0.4, -0.2) is 9.97 Å². The van der Waals surface area contributed by atoms with Gasteiger partial charge in [0.15, 0.2) is 11.6 Å². The highest BCUT2D eigenvalue weighted by molar-refractivity contribution is 6.28. The number of nitrogens with zero attached hydrogens (tertiary/aromatic N) is 2. The number of aromatic nitrogens is 2. The Balaban J connectivity index is 2.28. The van der Waals surface area contributed by atoms with E-state index in [2.05, 4.69) is 29.1 Å². The van der Waals surface area contributed by atoms with Crippen LogP contribution in [0.5, 0.6) is 0 Å². The topological polar surface area (TPSA) is 37.8 Å². The Morgan fingerprint density at radius 1 is 1.33 bits per heavy atom. The Morgan fingerprint density at radius 3 is 2.83 bits per heavy atom. The van der Waals surface area contributed by atoms with Crippen molar-refractivity contribution in [3.05, 3.63) is 47.1 Å². The summed E-state index contributed by atoms with van der Waals surface area (Å²) in [6, 6.07) is 7.75. The molecule has 0 radical (unpaired) electrons. The first kappa shape index (κ1) is 12.8. The summed E-state index contributed by atoms with van der Waals surface area (Å²) in [6.45, 7) is 4.20. The third-order valence-corrected chi connectivity index (χ3v) is 2.71. The van der Waals surface area contributed by atoms with Crippen LogP contribution in [0, 0.1) is 5.82 Å². The Bertz CT molecular complexity index is 558. The molecule has 0 aliphatic heterocycles. The van der Waals surface area contributed by atoms with E-state index in [9.17, 15) is 4.39 Å². The molecule has 0 atom stereocenters. The average molecular weight is 266 g/mol. The third kappa shape index (κ3) is 2.96. The standard InChI is InChI=1S/C13H13ClFN3/c1-8(2)9-4-3-5-10(6-9)17-12-11(15)7-16-13(14)18-12/h3-8H,1-2H3,(H,16,17,18). The number of benzene rings is 1. The molecular formula is C13H13ClFN3. The van der Waals surface area contributed by atoms with Crippen molar-refractivity contribution in [2.45, 2.75) is 19.8 Å². The van der Waals surface area contributed by atoms with E-state index in [0.717, 1.165) is 11.9 Å².